The highest BCUT2D eigenvalue weighted by atomic mass is 28.5. The maximum absolute atomic E-state index is 13.3. The van der Waals surface area contributed by atoms with Gasteiger partial charge in [-0.3, -0.25) is 0 Å². The summed E-state index contributed by atoms with van der Waals surface area (Å²) in [5.74, 6) is 1.48. The first-order valence-electron chi connectivity index (χ1n) is 13.7. The molecule has 1 heterocycles. The normalized spacial score (nSPS) is 39.0. The number of allylic oxidation sites excluding steroid dienone is 2. The zero-order valence-corrected chi connectivity index (χ0v) is 27.2. The van der Waals surface area contributed by atoms with E-state index in [-0.39, 0.29) is 0 Å². The summed E-state index contributed by atoms with van der Waals surface area (Å²) in [4.78, 5) is 0. The van der Waals surface area contributed by atoms with E-state index in [4.69, 9.17) is 16.5 Å². The molecule has 0 aromatic heterocycles. The van der Waals surface area contributed by atoms with E-state index in [2.05, 4.69) is 12.2 Å². The average Bonchev–Trinajstić information content (AvgIpc) is 3.36. The van der Waals surface area contributed by atoms with Crippen LogP contribution in [-0.2, 0) is 16.5 Å². The van der Waals surface area contributed by atoms with Crippen molar-refractivity contribution in [1.82, 2.24) is 0 Å². The predicted octanol–water partition coefficient (Wildman–Crippen LogP) is 9.20. The first-order chi connectivity index (χ1) is 18.0. The van der Waals surface area contributed by atoms with Gasteiger partial charge in [-0.05, 0) is 87.4 Å². The maximum atomic E-state index is 13.3. The minimum atomic E-state index is -4.61. The van der Waals surface area contributed by atoms with Crippen LogP contribution in [0.2, 0.25) is 50.4 Å². The van der Waals surface area contributed by atoms with E-state index < -0.39 is 90.2 Å². The van der Waals surface area contributed by atoms with E-state index in [1.54, 1.807) is 6.55 Å². The van der Waals surface area contributed by atoms with Gasteiger partial charge in [0, 0.05) is 19.3 Å². The Kier molecular flexibility index (Phi) is 10.4. The molecule has 3 rings (SSSR count). The van der Waals surface area contributed by atoms with Crippen LogP contribution in [0.5, 0.6) is 0 Å². The van der Waals surface area contributed by atoms with Crippen molar-refractivity contribution in [2.24, 2.45) is 17.8 Å². The zero-order valence-electron chi connectivity index (χ0n) is 23.2. The lowest BCUT2D eigenvalue weighted by atomic mass is 9.90. The van der Waals surface area contributed by atoms with Crippen LogP contribution in [0.4, 0.5) is 39.5 Å². The zero-order chi connectivity index (χ0) is 30.3. The van der Waals surface area contributed by atoms with Crippen LogP contribution in [0, 0.1) is 17.8 Å². The molecule has 0 radical (unpaired) electrons. The molecule has 5 atom stereocenters. The Morgan fingerprint density at radius 3 is 1.25 bits per heavy atom. The smallest absolute Gasteiger partial charge is 0.389 e. The topological polar surface area (TPSA) is 36.9 Å². The van der Waals surface area contributed by atoms with Gasteiger partial charge >= 0.3 is 52.8 Å². The van der Waals surface area contributed by atoms with Crippen LogP contribution in [0.25, 0.3) is 0 Å². The third kappa shape index (κ3) is 10.8. The molecule has 5 unspecified atom stereocenters. The largest absolute Gasteiger partial charge is 0.416 e. The number of alkyl halides is 9. The highest BCUT2D eigenvalue weighted by Crippen LogP contribution is 2.47. The first kappa shape index (κ1) is 34.3. The number of hydrogen-bond acceptors (Lipinski definition) is 4. The third-order valence-corrected chi connectivity index (χ3v) is 26.5. The molecule has 2 fully saturated rings. The quantitative estimate of drug-likeness (QED) is 0.133. The number of rotatable bonds is 10. The molecule has 0 aromatic carbocycles. The van der Waals surface area contributed by atoms with Crippen LogP contribution in [0.15, 0.2) is 12.2 Å². The second-order valence-electron chi connectivity index (χ2n) is 12.2. The molecule has 234 valence electrons. The van der Waals surface area contributed by atoms with Crippen molar-refractivity contribution in [3.05, 3.63) is 12.2 Å². The SMILES string of the molecule is C[Si]1(CCCC2CC3C=CC2C3)O[Si](C)(CCC(F)(F)F)O[Si](C)(CCC(F)(F)F)O[Si](C)(CCC(F)(F)F)O1. The standard InChI is InChI=1S/C23H39F9O4Si4/c1-37(12-5-6-19-16-18-7-8-20(19)17-18)33-38(2,13-9-21(24,25)26)35-40(4,15-11-23(30,31)32)36-39(3,34-37)14-10-22(27,28)29/h7-8,18-20H,5-6,9-17H2,1-4H3. The van der Waals surface area contributed by atoms with Crippen molar-refractivity contribution in [2.75, 3.05) is 0 Å². The van der Waals surface area contributed by atoms with E-state index in [0.29, 0.717) is 30.2 Å². The number of hydrogen-bond donors (Lipinski definition) is 0. The van der Waals surface area contributed by atoms with Crippen molar-refractivity contribution in [3.63, 3.8) is 0 Å². The van der Waals surface area contributed by atoms with Gasteiger partial charge in [-0.25, -0.2) is 0 Å². The summed E-state index contributed by atoms with van der Waals surface area (Å²) in [5.41, 5.74) is 0. The van der Waals surface area contributed by atoms with Crippen LogP contribution in [0.1, 0.15) is 44.9 Å². The summed E-state index contributed by atoms with van der Waals surface area (Å²) in [6.45, 7) is 5.67. The van der Waals surface area contributed by atoms with Crippen LogP contribution in [-0.4, -0.2) is 52.8 Å². The molecular formula is C23H39F9O4Si4. The fraction of sp³-hybridized carbons (Fsp3) is 0.913. The molecule has 0 N–H and O–H groups in total. The third-order valence-electron chi connectivity index (χ3n) is 7.94. The van der Waals surface area contributed by atoms with Crippen molar-refractivity contribution in [1.29, 1.82) is 0 Å². The Morgan fingerprint density at radius 1 is 0.575 bits per heavy atom. The molecule has 3 aliphatic rings. The van der Waals surface area contributed by atoms with Crippen molar-refractivity contribution in [3.8, 4) is 0 Å². The summed E-state index contributed by atoms with van der Waals surface area (Å²) in [6.07, 6.45) is -9.59. The van der Waals surface area contributed by atoms with Crippen LogP contribution in [0.3, 0.4) is 0 Å². The van der Waals surface area contributed by atoms with E-state index in [9.17, 15) is 39.5 Å². The Bertz CT molecular complexity index is 865. The second kappa shape index (κ2) is 12.1. The average molecular weight is 663 g/mol. The molecule has 40 heavy (non-hydrogen) atoms. The Hall–Kier alpha value is -0.182. The molecule has 2 bridgehead atoms. The van der Waals surface area contributed by atoms with Gasteiger partial charge in [0.15, 0.2) is 0 Å². The van der Waals surface area contributed by atoms with Gasteiger partial charge in [0.2, 0.25) is 0 Å². The number of halogens is 9. The lowest BCUT2D eigenvalue weighted by Crippen LogP contribution is -2.67. The van der Waals surface area contributed by atoms with Gasteiger partial charge in [-0.15, -0.1) is 0 Å². The summed E-state index contributed by atoms with van der Waals surface area (Å²) in [7, 11) is -15.1. The molecule has 2 aliphatic carbocycles. The molecule has 0 aromatic rings. The Morgan fingerprint density at radius 2 is 0.950 bits per heavy atom. The number of fused-ring (bicyclic) bond motifs is 2. The fourth-order valence-electron chi connectivity index (χ4n) is 6.34. The minimum absolute atomic E-state index is 0.321. The maximum Gasteiger partial charge on any atom is 0.389 e. The molecule has 0 amide bonds. The van der Waals surface area contributed by atoms with Gasteiger partial charge < -0.3 is 16.5 Å². The Balaban J connectivity index is 1.87. The lowest BCUT2D eigenvalue weighted by molar-refractivity contribution is -0.132. The molecule has 17 heteroatoms. The van der Waals surface area contributed by atoms with Crippen molar-refractivity contribution in [2.45, 2.75) is 114 Å². The summed E-state index contributed by atoms with van der Waals surface area (Å²) in [5, 5.41) is 0. The highest BCUT2D eigenvalue weighted by Gasteiger charge is 2.58. The van der Waals surface area contributed by atoms with E-state index >= 15 is 0 Å². The molecule has 4 nitrogen and oxygen atoms in total. The van der Waals surface area contributed by atoms with E-state index in [1.165, 1.54) is 19.6 Å². The predicted molar refractivity (Wildman–Crippen MR) is 140 cm³/mol. The molecule has 1 saturated heterocycles. The van der Waals surface area contributed by atoms with Crippen LogP contribution < -0.4 is 0 Å². The van der Waals surface area contributed by atoms with Gasteiger partial charge in [0.05, 0.1) is 0 Å². The van der Waals surface area contributed by atoms with E-state index in [1.807, 2.05) is 0 Å². The van der Waals surface area contributed by atoms with Gasteiger partial charge in [0.25, 0.3) is 0 Å². The Labute approximate surface area is 234 Å². The summed E-state index contributed by atoms with van der Waals surface area (Å²) in [6, 6.07) is -1.50. The lowest BCUT2D eigenvalue weighted by Gasteiger charge is -2.50. The minimum Gasteiger partial charge on any atom is -0.416 e. The van der Waals surface area contributed by atoms with Gasteiger partial charge in [-0.1, -0.05) is 18.6 Å². The summed E-state index contributed by atoms with van der Waals surface area (Å²) < 4.78 is 144. The van der Waals surface area contributed by atoms with Gasteiger partial charge in [0.1, 0.15) is 0 Å². The first-order valence-corrected chi connectivity index (χ1v) is 23.8. The highest BCUT2D eigenvalue weighted by molar-refractivity contribution is 6.93. The molecule has 1 saturated carbocycles. The summed E-state index contributed by atoms with van der Waals surface area (Å²) >= 11 is 0. The van der Waals surface area contributed by atoms with Crippen molar-refractivity contribution < 1.29 is 56.0 Å². The molecule has 0 spiro atoms. The van der Waals surface area contributed by atoms with Gasteiger partial charge in [-0.2, -0.15) is 39.5 Å². The van der Waals surface area contributed by atoms with E-state index in [0.717, 1.165) is 19.3 Å². The monoisotopic (exact) mass is 662 g/mol. The second-order valence-corrected chi connectivity index (χ2v) is 26.6. The van der Waals surface area contributed by atoms with Crippen LogP contribution >= 0.6 is 0 Å². The van der Waals surface area contributed by atoms with Crippen molar-refractivity contribution >= 4 is 34.2 Å². The molecular weight excluding hydrogens is 624 g/mol. The fourth-order valence-corrected chi connectivity index (χ4v) is 29.4. The molecule has 1 aliphatic heterocycles.